The fourth-order valence-corrected chi connectivity index (χ4v) is 4.05. The van der Waals surface area contributed by atoms with Crippen molar-refractivity contribution in [2.45, 2.75) is 51.5 Å². The Morgan fingerprint density at radius 1 is 0.947 bits per heavy atom. The summed E-state index contributed by atoms with van der Waals surface area (Å²) in [5, 5.41) is 0. The van der Waals surface area contributed by atoms with Crippen molar-refractivity contribution in [1.29, 1.82) is 0 Å². The number of rotatable bonds is 3. The average molecular weight is 257 g/mol. The largest absolute Gasteiger partial charge is 0.296 e. The Morgan fingerprint density at radius 3 is 2.21 bits per heavy atom. The molecule has 0 N–H and O–H groups in total. The topological polar surface area (TPSA) is 3.24 Å². The predicted octanol–water partition coefficient (Wildman–Crippen LogP) is 4.65. The van der Waals surface area contributed by atoms with Crippen molar-refractivity contribution < 1.29 is 0 Å². The summed E-state index contributed by atoms with van der Waals surface area (Å²) in [5.41, 5.74) is 1.56. The number of hydrogen-bond acceptors (Lipinski definition) is 1. The third kappa shape index (κ3) is 3.02. The van der Waals surface area contributed by atoms with E-state index in [-0.39, 0.29) is 0 Å². The van der Waals surface area contributed by atoms with Crippen LogP contribution in [0.5, 0.6) is 0 Å². The van der Waals surface area contributed by atoms with Crippen molar-refractivity contribution in [3.8, 4) is 0 Å². The Morgan fingerprint density at radius 2 is 1.58 bits per heavy atom. The first-order valence-corrected chi connectivity index (χ1v) is 8.13. The van der Waals surface area contributed by atoms with Crippen LogP contribution in [0.25, 0.3) is 0 Å². The fourth-order valence-electron chi connectivity index (χ4n) is 4.05. The van der Waals surface area contributed by atoms with Gasteiger partial charge in [-0.3, -0.25) is 4.90 Å². The average Bonchev–Trinajstić information content (AvgIpc) is 2.96. The minimum Gasteiger partial charge on any atom is -0.296 e. The summed E-state index contributed by atoms with van der Waals surface area (Å²) < 4.78 is 0. The van der Waals surface area contributed by atoms with Crippen LogP contribution in [0.15, 0.2) is 30.3 Å². The van der Waals surface area contributed by atoms with Crippen LogP contribution in [0, 0.1) is 11.8 Å². The molecule has 3 rings (SSSR count). The Labute approximate surface area is 118 Å². The summed E-state index contributed by atoms with van der Waals surface area (Å²) in [5.74, 6) is 1.84. The lowest BCUT2D eigenvalue weighted by molar-refractivity contribution is 0.129. The Balaban J connectivity index is 1.80. The molecule has 1 aromatic rings. The molecule has 1 saturated carbocycles. The van der Waals surface area contributed by atoms with E-state index < -0.39 is 0 Å². The molecule has 2 aliphatic rings. The molecular weight excluding hydrogens is 230 g/mol. The smallest absolute Gasteiger partial charge is 0.0376 e. The van der Waals surface area contributed by atoms with Crippen LogP contribution in [-0.2, 0) is 0 Å². The van der Waals surface area contributed by atoms with E-state index in [1.54, 1.807) is 5.56 Å². The zero-order valence-corrected chi connectivity index (χ0v) is 12.2. The monoisotopic (exact) mass is 257 g/mol. The molecule has 0 amide bonds. The second kappa shape index (κ2) is 6.09. The lowest BCUT2D eigenvalue weighted by Gasteiger charge is -2.38. The molecule has 1 aliphatic carbocycles. The third-order valence-electron chi connectivity index (χ3n) is 5.18. The van der Waals surface area contributed by atoms with Gasteiger partial charge >= 0.3 is 0 Å². The van der Waals surface area contributed by atoms with E-state index in [9.17, 15) is 0 Å². The molecule has 0 radical (unpaired) electrons. The standard InChI is InChI=1S/C18H27N/c1-15-9-11-17(12-10-15)18(19-13-5-6-14-19)16-7-3-2-4-8-16/h2-4,7-8,15,17-18H,5-6,9-14H2,1H3. The van der Waals surface area contributed by atoms with Crippen molar-refractivity contribution in [1.82, 2.24) is 4.90 Å². The summed E-state index contributed by atoms with van der Waals surface area (Å²) in [6.07, 6.45) is 8.51. The first kappa shape index (κ1) is 13.2. The normalized spacial score (nSPS) is 30.4. The maximum absolute atomic E-state index is 2.76. The van der Waals surface area contributed by atoms with Gasteiger partial charge in [-0.1, -0.05) is 50.1 Å². The molecule has 1 heteroatoms. The van der Waals surface area contributed by atoms with Gasteiger partial charge in [0.1, 0.15) is 0 Å². The first-order chi connectivity index (χ1) is 9.34. The summed E-state index contributed by atoms with van der Waals surface area (Å²) in [6, 6.07) is 12.0. The van der Waals surface area contributed by atoms with E-state index in [0.29, 0.717) is 6.04 Å². The van der Waals surface area contributed by atoms with E-state index in [1.165, 1.54) is 51.6 Å². The minimum absolute atomic E-state index is 0.691. The summed E-state index contributed by atoms with van der Waals surface area (Å²) in [4.78, 5) is 2.76. The van der Waals surface area contributed by atoms with E-state index in [0.717, 1.165) is 11.8 Å². The van der Waals surface area contributed by atoms with Crippen molar-refractivity contribution in [2.75, 3.05) is 13.1 Å². The van der Waals surface area contributed by atoms with E-state index >= 15 is 0 Å². The Kier molecular flexibility index (Phi) is 4.22. The van der Waals surface area contributed by atoms with Crippen molar-refractivity contribution in [3.63, 3.8) is 0 Å². The SMILES string of the molecule is CC1CCC(C(c2ccccc2)N2CCCC2)CC1. The van der Waals surface area contributed by atoms with Crippen LogP contribution in [0.4, 0.5) is 0 Å². The molecule has 2 fully saturated rings. The molecule has 1 atom stereocenters. The van der Waals surface area contributed by atoms with Gasteiger partial charge in [0.25, 0.3) is 0 Å². The lowest BCUT2D eigenvalue weighted by atomic mass is 9.77. The summed E-state index contributed by atoms with van der Waals surface area (Å²) in [7, 11) is 0. The van der Waals surface area contributed by atoms with Gasteiger partial charge in [-0.2, -0.15) is 0 Å². The van der Waals surface area contributed by atoms with Crippen molar-refractivity contribution >= 4 is 0 Å². The van der Waals surface area contributed by atoms with Gasteiger partial charge < -0.3 is 0 Å². The highest BCUT2D eigenvalue weighted by atomic mass is 15.2. The van der Waals surface area contributed by atoms with Gasteiger partial charge in [0.15, 0.2) is 0 Å². The quantitative estimate of drug-likeness (QED) is 0.762. The third-order valence-corrected chi connectivity index (χ3v) is 5.18. The molecule has 0 bridgehead atoms. The second-order valence-corrected chi connectivity index (χ2v) is 6.62. The van der Waals surface area contributed by atoms with E-state index in [4.69, 9.17) is 0 Å². The second-order valence-electron chi connectivity index (χ2n) is 6.62. The molecule has 1 saturated heterocycles. The Hall–Kier alpha value is -0.820. The van der Waals surface area contributed by atoms with Crippen LogP contribution in [0.3, 0.4) is 0 Å². The highest BCUT2D eigenvalue weighted by Gasteiger charge is 2.32. The molecule has 1 aliphatic heterocycles. The lowest BCUT2D eigenvalue weighted by Crippen LogP contribution is -2.33. The highest BCUT2D eigenvalue weighted by Crippen LogP contribution is 2.41. The molecule has 1 aromatic carbocycles. The van der Waals surface area contributed by atoms with Crippen molar-refractivity contribution in [2.24, 2.45) is 11.8 Å². The van der Waals surface area contributed by atoms with Gasteiger partial charge in [0, 0.05) is 6.04 Å². The molecular formula is C18H27N. The molecule has 104 valence electrons. The number of benzene rings is 1. The minimum atomic E-state index is 0.691. The van der Waals surface area contributed by atoms with Crippen LogP contribution < -0.4 is 0 Å². The Bertz CT molecular complexity index is 372. The van der Waals surface area contributed by atoms with E-state index in [2.05, 4.69) is 42.2 Å². The first-order valence-electron chi connectivity index (χ1n) is 8.13. The number of hydrogen-bond donors (Lipinski definition) is 0. The summed E-state index contributed by atoms with van der Waals surface area (Å²) in [6.45, 7) is 5.04. The maximum atomic E-state index is 2.76. The van der Waals surface area contributed by atoms with Crippen LogP contribution in [-0.4, -0.2) is 18.0 Å². The van der Waals surface area contributed by atoms with E-state index in [1.807, 2.05) is 0 Å². The van der Waals surface area contributed by atoms with Crippen LogP contribution in [0.1, 0.15) is 57.1 Å². The molecule has 0 spiro atoms. The molecule has 1 heterocycles. The summed E-state index contributed by atoms with van der Waals surface area (Å²) >= 11 is 0. The van der Waals surface area contributed by atoms with Gasteiger partial charge in [0.2, 0.25) is 0 Å². The van der Waals surface area contributed by atoms with Crippen LogP contribution in [0.2, 0.25) is 0 Å². The van der Waals surface area contributed by atoms with Gasteiger partial charge in [0.05, 0.1) is 0 Å². The zero-order valence-electron chi connectivity index (χ0n) is 12.2. The zero-order chi connectivity index (χ0) is 13.1. The maximum Gasteiger partial charge on any atom is 0.0376 e. The van der Waals surface area contributed by atoms with Crippen LogP contribution >= 0.6 is 0 Å². The van der Waals surface area contributed by atoms with Gasteiger partial charge in [-0.15, -0.1) is 0 Å². The molecule has 1 unspecified atom stereocenters. The fraction of sp³-hybridized carbons (Fsp3) is 0.667. The highest BCUT2D eigenvalue weighted by molar-refractivity contribution is 5.20. The predicted molar refractivity (Wildman–Crippen MR) is 81.1 cm³/mol. The van der Waals surface area contributed by atoms with Gasteiger partial charge in [-0.05, 0) is 56.2 Å². The molecule has 19 heavy (non-hydrogen) atoms. The van der Waals surface area contributed by atoms with Gasteiger partial charge in [-0.25, -0.2) is 0 Å². The molecule has 1 nitrogen and oxygen atoms in total. The van der Waals surface area contributed by atoms with Crippen molar-refractivity contribution in [3.05, 3.63) is 35.9 Å². The number of likely N-dealkylation sites (tertiary alicyclic amines) is 1. The molecule has 0 aromatic heterocycles. The number of nitrogens with zero attached hydrogens (tertiary/aromatic N) is 1.